The zero-order valence-corrected chi connectivity index (χ0v) is 17.7. The van der Waals surface area contributed by atoms with Crippen LogP contribution in [0.3, 0.4) is 0 Å². The van der Waals surface area contributed by atoms with Crippen molar-refractivity contribution in [1.82, 2.24) is 4.90 Å². The van der Waals surface area contributed by atoms with Crippen LogP contribution in [-0.2, 0) is 19.1 Å². The second-order valence-corrected chi connectivity index (χ2v) is 8.56. The number of nitrogens with zero attached hydrogens (tertiary/aromatic N) is 1. The number of carbonyl (C=O) groups excluding carboxylic acids is 3. The number of nitrogens with two attached hydrogens (primary N) is 1. The number of likely N-dealkylation sites (N-methyl/N-ethyl adjacent to an activating group) is 1. The second kappa shape index (κ2) is 7.16. The highest BCUT2D eigenvalue weighted by atomic mass is 16.5. The summed E-state index contributed by atoms with van der Waals surface area (Å²) in [5.74, 6) is -7.08. The number of primary amides is 1. The lowest BCUT2D eigenvalue weighted by molar-refractivity contribution is -0.156. The standard InChI is InChI=1S/C22H24N2O8/c1-24(2)15-10-7-9-13(16(26)12-8(18(9)32-3)5-4-6-11(12)25)19(28)22(10,31)20(29)14(17(15)27)21(23)30/h4-6,9-10,15,18,25-26,29,31H,7H2,1-3H3,(H2,23,30)/t9-,10-,15-,18?,22-/m0/s1. The molecule has 0 bridgehead atoms. The Morgan fingerprint density at radius 2 is 1.88 bits per heavy atom. The number of ketones is 2. The van der Waals surface area contributed by atoms with E-state index in [4.69, 9.17) is 10.5 Å². The van der Waals surface area contributed by atoms with Crippen molar-refractivity contribution in [3.8, 4) is 5.75 Å². The van der Waals surface area contributed by atoms with Crippen molar-refractivity contribution in [2.45, 2.75) is 24.2 Å². The Hall–Kier alpha value is -3.21. The summed E-state index contributed by atoms with van der Waals surface area (Å²) in [6.07, 6.45) is -0.821. The third kappa shape index (κ3) is 2.60. The van der Waals surface area contributed by atoms with Crippen molar-refractivity contribution < 1.29 is 39.5 Å². The normalized spacial score (nSPS) is 32.0. The first-order valence-electron chi connectivity index (χ1n) is 9.97. The smallest absolute Gasteiger partial charge is 0.255 e. The number of aliphatic hydroxyl groups is 3. The fraction of sp³-hybridized carbons (Fsp3) is 0.409. The Morgan fingerprint density at radius 3 is 2.44 bits per heavy atom. The van der Waals surface area contributed by atoms with Gasteiger partial charge in [0, 0.05) is 24.5 Å². The van der Waals surface area contributed by atoms with E-state index >= 15 is 0 Å². The lowest BCUT2D eigenvalue weighted by atomic mass is 9.57. The van der Waals surface area contributed by atoms with Crippen LogP contribution in [0.1, 0.15) is 23.7 Å². The number of benzene rings is 1. The van der Waals surface area contributed by atoms with Gasteiger partial charge in [-0.3, -0.25) is 19.3 Å². The molecular formula is C22H24N2O8. The number of hydrogen-bond donors (Lipinski definition) is 5. The number of methoxy groups -OCH3 is 1. The number of Topliss-reactive ketones (excluding diaryl/α,β-unsaturated/α-hetero) is 2. The molecule has 0 heterocycles. The molecule has 0 saturated heterocycles. The van der Waals surface area contributed by atoms with E-state index in [1.165, 1.54) is 18.1 Å². The minimum atomic E-state index is -2.67. The summed E-state index contributed by atoms with van der Waals surface area (Å²) in [5, 5.41) is 43.6. The van der Waals surface area contributed by atoms with E-state index in [1.54, 1.807) is 26.2 Å². The van der Waals surface area contributed by atoms with Gasteiger partial charge in [-0.2, -0.15) is 0 Å². The minimum absolute atomic E-state index is 0.0179. The van der Waals surface area contributed by atoms with E-state index < -0.39 is 64.1 Å². The molecule has 170 valence electrons. The zero-order valence-electron chi connectivity index (χ0n) is 17.7. The molecular weight excluding hydrogens is 420 g/mol. The van der Waals surface area contributed by atoms with Crippen LogP contribution in [0.5, 0.6) is 5.75 Å². The second-order valence-electron chi connectivity index (χ2n) is 8.56. The predicted octanol–water partition coefficient (Wildman–Crippen LogP) is 0.109. The average Bonchev–Trinajstić information content (AvgIpc) is 2.70. The third-order valence-corrected chi connectivity index (χ3v) is 6.80. The molecule has 0 aromatic heterocycles. The van der Waals surface area contributed by atoms with E-state index in [-0.39, 0.29) is 23.3 Å². The molecule has 1 aromatic rings. The van der Waals surface area contributed by atoms with Crippen molar-refractivity contribution >= 4 is 23.2 Å². The van der Waals surface area contributed by atoms with E-state index in [0.717, 1.165) is 0 Å². The summed E-state index contributed by atoms with van der Waals surface area (Å²) in [4.78, 5) is 40.1. The molecule has 3 aliphatic carbocycles. The van der Waals surface area contributed by atoms with Gasteiger partial charge in [0.25, 0.3) is 5.91 Å². The topological polar surface area (TPSA) is 171 Å². The number of fused-ring (bicyclic) bond motifs is 3. The van der Waals surface area contributed by atoms with Crippen LogP contribution in [0.4, 0.5) is 0 Å². The Labute approximate surface area is 183 Å². The van der Waals surface area contributed by atoms with Gasteiger partial charge in [-0.05, 0) is 32.1 Å². The maximum atomic E-state index is 13.7. The van der Waals surface area contributed by atoms with Crippen LogP contribution < -0.4 is 5.73 Å². The predicted molar refractivity (Wildman–Crippen MR) is 110 cm³/mol. The number of amides is 1. The van der Waals surface area contributed by atoms with Crippen molar-refractivity contribution in [3.05, 3.63) is 46.2 Å². The molecule has 1 saturated carbocycles. The number of aromatic hydroxyl groups is 1. The summed E-state index contributed by atoms with van der Waals surface area (Å²) in [5.41, 5.74) is 1.93. The van der Waals surface area contributed by atoms with Crippen LogP contribution in [-0.4, -0.2) is 75.6 Å². The van der Waals surface area contributed by atoms with E-state index in [9.17, 15) is 34.8 Å². The zero-order chi connectivity index (χ0) is 23.7. The van der Waals surface area contributed by atoms with Crippen LogP contribution in [0, 0.1) is 11.8 Å². The van der Waals surface area contributed by atoms with Gasteiger partial charge in [0.15, 0.2) is 11.4 Å². The summed E-state index contributed by atoms with van der Waals surface area (Å²) < 4.78 is 5.62. The average molecular weight is 444 g/mol. The highest BCUT2D eigenvalue weighted by Gasteiger charge is 2.65. The van der Waals surface area contributed by atoms with Gasteiger partial charge in [-0.15, -0.1) is 0 Å². The van der Waals surface area contributed by atoms with E-state index in [1.807, 2.05) is 0 Å². The minimum Gasteiger partial charge on any atom is -0.508 e. The number of aliphatic hydroxyl groups excluding tert-OH is 2. The van der Waals surface area contributed by atoms with Gasteiger partial charge < -0.3 is 30.9 Å². The maximum Gasteiger partial charge on any atom is 0.255 e. The van der Waals surface area contributed by atoms with Gasteiger partial charge in [-0.1, -0.05) is 12.1 Å². The SMILES string of the molecule is COC1c2cccc(O)c2C(O)=C2C(=O)[C@]3(O)C(O)=C(C(N)=O)C(=O)[C@@H](N(C)C)[C@@H]3C[C@@H]21. The summed E-state index contributed by atoms with van der Waals surface area (Å²) in [6, 6.07) is 3.39. The largest absolute Gasteiger partial charge is 0.508 e. The third-order valence-electron chi connectivity index (χ3n) is 6.80. The number of rotatable bonds is 3. The molecule has 6 N–H and O–H groups in total. The van der Waals surface area contributed by atoms with Gasteiger partial charge in [0.05, 0.1) is 17.7 Å². The summed E-state index contributed by atoms with van der Waals surface area (Å²) >= 11 is 0. The number of ether oxygens (including phenoxy) is 1. The number of phenols is 1. The van der Waals surface area contributed by atoms with E-state index in [2.05, 4.69) is 0 Å². The monoisotopic (exact) mass is 444 g/mol. The van der Waals surface area contributed by atoms with Crippen molar-refractivity contribution in [1.29, 1.82) is 0 Å². The molecule has 3 aliphatic rings. The number of hydrogen-bond acceptors (Lipinski definition) is 9. The molecule has 10 nitrogen and oxygen atoms in total. The van der Waals surface area contributed by atoms with Crippen molar-refractivity contribution in [2.75, 3.05) is 21.2 Å². The molecule has 1 aromatic carbocycles. The summed E-state index contributed by atoms with van der Waals surface area (Å²) in [6.45, 7) is 0. The van der Waals surface area contributed by atoms with Gasteiger partial charge in [-0.25, -0.2) is 0 Å². The first-order valence-corrected chi connectivity index (χ1v) is 9.97. The lowest BCUT2D eigenvalue weighted by Gasteiger charge is -2.51. The number of carbonyl (C=O) groups is 3. The van der Waals surface area contributed by atoms with E-state index in [0.29, 0.717) is 5.56 Å². The molecule has 4 rings (SSSR count). The molecule has 0 radical (unpaired) electrons. The molecule has 32 heavy (non-hydrogen) atoms. The van der Waals surface area contributed by atoms with Crippen LogP contribution in [0.25, 0.3) is 5.76 Å². The highest BCUT2D eigenvalue weighted by Crippen LogP contribution is 2.56. The van der Waals surface area contributed by atoms with Crippen LogP contribution in [0.15, 0.2) is 35.1 Å². The molecule has 0 spiro atoms. The molecule has 1 unspecified atom stereocenters. The van der Waals surface area contributed by atoms with Gasteiger partial charge >= 0.3 is 0 Å². The lowest BCUT2D eigenvalue weighted by Crippen LogP contribution is -2.66. The van der Waals surface area contributed by atoms with Crippen molar-refractivity contribution in [2.24, 2.45) is 17.6 Å². The molecule has 10 heteroatoms. The van der Waals surface area contributed by atoms with Crippen LogP contribution >= 0.6 is 0 Å². The quantitative estimate of drug-likeness (QED) is 0.406. The number of phenolic OH excluding ortho intramolecular Hbond substituents is 1. The van der Waals surface area contributed by atoms with Gasteiger partial charge in [0.2, 0.25) is 5.78 Å². The van der Waals surface area contributed by atoms with Gasteiger partial charge in [0.1, 0.15) is 22.8 Å². The summed E-state index contributed by atoms with van der Waals surface area (Å²) in [7, 11) is 4.49. The Balaban J connectivity index is 2.02. The van der Waals surface area contributed by atoms with Crippen molar-refractivity contribution in [3.63, 3.8) is 0 Å². The Morgan fingerprint density at radius 1 is 1.22 bits per heavy atom. The maximum absolute atomic E-state index is 13.7. The first-order chi connectivity index (χ1) is 15.0. The molecule has 1 amide bonds. The molecule has 5 atom stereocenters. The molecule has 1 fully saturated rings. The van der Waals surface area contributed by atoms with Crippen LogP contribution in [0.2, 0.25) is 0 Å². The Kier molecular flexibility index (Phi) is 4.92. The fourth-order valence-electron chi connectivity index (χ4n) is 5.47. The Bertz CT molecular complexity index is 1120. The fourth-order valence-corrected chi connectivity index (χ4v) is 5.47. The highest BCUT2D eigenvalue weighted by molar-refractivity contribution is 6.24. The molecule has 0 aliphatic heterocycles. The first kappa shape index (κ1) is 22.0.